The lowest BCUT2D eigenvalue weighted by Gasteiger charge is -2.31. The van der Waals surface area contributed by atoms with Gasteiger partial charge in [0.05, 0.1) is 17.6 Å². The predicted octanol–water partition coefficient (Wildman–Crippen LogP) is 4.82. The zero-order chi connectivity index (χ0) is 28.3. The van der Waals surface area contributed by atoms with Gasteiger partial charge in [0.15, 0.2) is 17.1 Å². The maximum atomic E-state index is 11.9. The number of fused-ring (bicyclic) bond motifs is 2. The Bertz CT molecular complexity index is 1750. The highest BCUT2D eigenvalue weighted by atomic mass is 35.5. The van der Waals surface area contributed by atoms with Crippen molar-refractivity contribution >= 4 is 45.6 Å². The molecule has 1 amide bonds. The molecule has 1 aliphatic heterocycles. The average molecular weight is 573 g/mol. The van der Waals surface area contributed by atoms with Crippen LogP contribution in [-0.4, -0.2) is 66.7 Å². The van der Waals surface area contributed by atoms with Crippen LogP contribution in [0.15, 0.2) is 68.0 Å². The first-order valence-electron chi connectivity index (χ1n) is 12.8. The van der Waals surface area contributed by atoms with Gasteiger partial charge in [-0.15, -0.1) is 10.2 Å². The zero-order valence-electron chi connectivity index (χ0n) is 22.0. The third kappa shape index (κ3) is 5.54. The fourth-order valence-electron chi connectivity index (χ4n) is 4.60. The first-order valence-corrected chi connectivity index (χ1v) is 13.2. The van der Waals surface area contributed by atoms with Gasteiger partial charge in [-0.2, -0.15) is 0 Å². The molecule has 1 N–H and O–H groups in total. The molecule has 1 aliphatic rings. The normalized spacial score (nSPS) is 13.8. The van der Waals surface area contributed by atoms with E-state index in [2.05, 4.69) is 37.0 Å². The molecule has 0 atom stereocenters. The Morgan fingerprint density at radius 1 is 1.07 bits per heavy atom. The molecule has 0 bridgehead atoms. The van der Waals surface area contributed by atoms with Gasteiger partial charge in [0.1, 0.15) is 36.7 Å². The molecule has 41 heavy (non-hydrogen) atoms. The summed E-state index contributed by atoms with van der Waals surface area (Å²) in [7, 11) is 1.59. The minimum atomic E-state index is -0.0671. The number of hydrogen-bond acceptors (Lipinski definition) is 10. The lowest BCUT2D eigenvalue weighted by Crippen LogP contribution is -2.41. The Morgan fingerprint density at radius 2 is 1.93 bits per heavy atom. The van der Waals surface area contributed by atoms with Crippen LogP contribution in [-0.2, 0) is 4.79 Å². The fourth-order valence-corrected chi connectivity index (χ4v) is 4.81. The molecule has 6 rings (SSSR count). The van der Waals surface area contributed by atoms with Crippen molar-refractivity contribution < 1.29 is 19.0 Å². The van der Waals surface area contributed by atoms with Crippen LogP contribution in [0, 0.1) is 0 Å². The van der Waals surface area contributed by atoms with Crippen molar-refractivity contribution in [1.82, 2.24) is 34.4 Å². The van der Waals surface area contributed by atoms with Gasteiger partial charge < -0.3 is 24.4 Å². The molecule has 4 heterocycles. The van der Waals surface area contributed by atoms with E-state index in [4.69, 9.17) is 25.8 Å². The molecule has 2 aromatic carbocycles. The Morgan fingerprint density at radius 3 is 2.71 bits per heavy atom. The largest absolute Gasteiger partial charge is 0.493 e. The van der Waals surface area contributed by atoms with E-state index in [1.807, 2.05) is 18.2 Å². The molecule has 1 fully saturated rings. The summed E-state index contributed by atoms with van der Waals surface area (Å²) in [6.45, 7) is 4.78. The Kier molecular flexibility index (Phi) is 7.21. The first-order chi connectivity index (χ1) is 20.0. The van der Waals surface area contributed by atoms with Crippen molar-refractivity contribution in [3.8, 4) is 23.1 Å². The Hall–Kier alpha value is -4.97. The van der Waals surface area contributed by atoms with Crippen molar-refractivity contribution in [2.24, 2.45) is 0 Å². The third-order valence-corrected chi connectivity index (χ3v) is 7.01. The molecule has 1 saturated heterocycles. The monoisotopic (exact) mass is 572 g/mol. The van der Waals surface area contributed by atoms with Gasteiger partial charge in [-0.05, 0) is 30.3 Å². The minimum absolute atomic E-state index is 0.0654. The summed E-state index contributed by atoms with van der Waals surface area (Å²) in [4.78, 5) is 26.8. The van der Waals surface area contributed by atoms with Gasteiger partial charge in [0.2, 0.25) is 11.8 Å². The number of benzene rings is 2. The average Bonchev–Trinajstić information content (AvgIpc) is 3.46. The lowest BCUT2D eigenvalue weighted by molar-refractivity contribution is -0.127. The number of methoxy groups -OCH3 is 1. The van der Waals surface area contributed by atoms with Gasteiger partial charge in [0.25, 0.3) is 0 Å². The molecule has 0 radical (unpaired) electrons. The topological polar surface area (TPSA) is 129 Å². The zero-order valence-corrected chi connectivity index (χ0v) is 22.8. The summed E-state index contributed by atoms with van der Waals surface area (Å²) in [5.74, 6) is 2.41. The second-order valence-corrected chi connectivity index (χ2v) is 9.69. The number of hydrogen-bond donors (Lipinski definition) is 1. The molecule has 208 valence electrons. The minimum Gasteiger partial charge on any atom is -0.493 e. The van der Waals surface area contributed by atoms with Crippen LogP contribution in [0.25, 0.3) is 16.6 Å². The van der Waals surface area contributed by atoms with Crippen LogP contribution >= 0.6 is 11.6 Å². The number of aromatic nitrogens is 6. The van der Waals surface area contributed by atoms with E-state index >= 15 is 0 Å². The Labute approximate surface area is 239 Å². The van der Waals surface area contributed by atoms with E-state index in [1.165, 1.54) is 12.4 Å². The van der Waals surface area contributed by atoms with Crippen molar-refractivity contribution in [1.29, 1.82) is 0 Å². The van der Waals surface area contributed by atoms with Crippen molar-refractivity contribution in [3.05, 3.63) is 73.1 Å². The fraction of sp³-hybridized carbons (Fsp3) is 0.214. The van der Waals surface area contributed by atoms with E-state index in [9.17, 15) is 4.79 Å². The van der Waals surface area contributed by atoms with Crippen LogP contribution in [0.2, 0.25) is 5.02 Å². The number of nitrogens with one attached hydrogen (secondary N) is 1. The molecule has 12 nitrogen and oxygen atoms in total. The molecule has 3 aromatic heterocycles. The van der Waals surface area contributed by atoms with Crippen molar-refractivity contribution in [3.63, 3.8) is 0 Å². The van der Waals surface area contributed by atoms with Gasteiger partial charge in [-0.1, -0.05) is 18.2 Å². The molecule has 0 unspecified atom stereocenters. The standard InChI is InChI=1S/C28H25ClN8O4/c1-3-27(38)36-8-6-18(7-9-36)40-24-11-19-21(12-23(24)39-2)30-14-31-28(19)34-17-4-5-22(20(29)10-17)41-26-13-25-35-33-16-37(25)15-32-26/h3-5,10-16,18H,1,6-9H2,2H3,(H,30,31,34). The SMILES string of the molecule is C=CC(=O)N1CCC(Oc2cc3c(Nc4ccc(Oc5cc6nncn6cn5)c(Cl)c4)ncnc3cc2OC)CC1. The molecule has 0 spiro atoms. The van der Waals surface area contributed by atoms with Gasteiger partial charge in [-0.3, -0.25) is 9.20 Å². The van der Waals surface area contributed by atoms with Gasteiger partial charge >= 0.3 is 0 Å². The first kappa shape index (κ1) is 26.3. The smallest absolute Gasteiger partial charge is 0.245 e. The quantitative estimate of drug-likeness (QED) is 0.258. The molecule has 0 aliphatic carbocycles. The number of carbonyl (C=O) groups excluding carboxylic acids is 1. The highest BCUT2D eigenvalue weighted by molar-refractivity contribution is 6.32. The Balaban J connectivity index is 1.21. The van der Waals surface area contributed by atoms with Crippen molar-refractivity contribution in [2.75, 3.05) is 25.5 Å². The van der Waals surface area contributed by atoms with Gasteiger partial charge in [-0.25, -0.2) is 15.0 Å². The van der Waals surface area contributed by atoms with Crippen molar-refractivity contribution in [2.45, 2.75) is 18.9 Å². The molecular formula is C28H25ClN8O4. The number of nitrogens with zero attached hydrogens (tertiary/aromatic N) is 7. The molecular weight excluding hydrogens is 548 g/mol. The number of rotatable bonds is 8. The summed E-state index contributed by atoms with van der Waals surface area (Å²) in [5, 5.41) is 12.3. The van der Waals surface area contributed by atoms with E-state index in [1.54, 1.807) is 47.3 Å². The highest BCUT2D eigenvalue weighted by Gasteiger charge is 2.24. The van der Waals surface area contributed by atoms with E-state index < -0.39 is 0 Å². The number of piperidine rings is 1. The van der Waals surface area contributed by atoms with E-state index in [-0.39, 0.29) is 12.0 Å². The maximum Gasteiger partial charge on any atom is 0.245 e. The summed E-state index contributed by atoms with van der Waals surface area (Å²) in [6.07, 6.45) is 7.27. The van der Waals surface area contributed by atoms with Crippen LogP contribution in [0.4, 0.5) is 11.5 Å². The number of halogens is 1. The second kappa shape index (κ2) is 11.3. The number of likely N-dealkylation sites (tertiary alicyclic amines) is 1. The van der Waals surface area contributed by atoms with Gasteiger partial charge in [0, 0.05) is 49.1 Å². The number of ether oxygens (including phenoxy) is 3. The number of amides is 1. The van der Waals surface area contributed by atoms with E-state index in [0.717, 1.165) is 5.39 Å². The number of carbonyl (C=O) groups is 1. The number of anilines is 2. The second-order valence-electron chi connectivity index (χ2n) is 9.28. The van der Waals surface area contributed by atoms with Crippen LogP contribution < -0.4 is 19.5 Å². The molecule has 5 aromatic rings. The highest BCUT2D eigenvalue weighted by Crippen LogP contribution is 2.37. The summed E-state index contributed by atoms with van der Waals surface area (Å²) >= 11 is 6.55. The lowest BCUT2D eigenvalue weighted by atomic mass is 10.1. The molecule has 0 saturated carbocycles. The van der Waals surface area contributed by atoms with Crippen LogP contribution in [0.5, 0.6) is 23.1 Å². The third-order valence-electron chi connectivity index (χ3n) is 6.71. The predicted molar refractivity (Wildman–Crippen MR) is 152 cm³/mol. The van der Waals surface area contributed by atoms with Crippen LogP contribution in [0.1, 0.15) is 12.8 Å². The maximum absolute atomic E-state index is 11.9. The van der Waals surface area contributed by atoms with E-state index in [0.29, 0.717) is 76.8 Å². The summed E-state index contributed by atoms with van der Waals surface area (Å²) < 4.78 is 19.5. The summed E-state index contributed by atoms with van der Waals surface area (Å²) in [6, 6.07) is 10.6. The summed E-state index contributed by atoms with van der Waals surface area (Å²) in [5.41, 5.74) is 1.98. The molecule has 13 heteroatoms. The van der Waals surface area contributed by atoms with Crippen LogP contribution in [0.3, 0.4) is 0 Å².